The number of rotatable bonds is 6. The van der Waals surface area contributed by atoms with Gasteiger partial charge >= 0.3 is 0 Å². The highest BCUT2D eigenvalue weighted by molar-refractivity contribution is 5.69. The van der Waals surface area contributed by atoms with E-state index in [1.54, 1.807) is 36.3 Å². The van der Waals surface area contributed by atoms with Gasteiger partial charge in [0, 0.05) is 31.1 Å². The van der Waals surface area contributed by atoms with E-state index >= 15 is 0 Å². The van der Waals surface area contributed by atoms with E-state index in [-0.39, 0.29) is 0 Å². The number of pyridine rings is 2. The second-order valence-corrected chi connectivity index (χ2v) is 6.72. The van der Waals surface area contributed by atoms with Gasteiger partial charge in [-0.25, -0.2) is 4.68 Å². The van der Waals surface area contributed by atoms with Crippen LogP contribution in [0.1, 0.15) is 11.1 Å². The highest BCUT2D eigenvalue weighted by Crippen LogP contribution is 2.34. The van der Waals surface area contributed by atoms with Gasteiger partial charge in [-0.1, -0.05) is 6.07 Å². The smallest absolute Gasteiger partial charge is 0.218 e. The molecule has 0 saturated carbocycles. The zero-order chi connectivity index (χ0) is 20.9. The largest absolute Gasteiger partial charge is 0.439 e. The minimum absolute atomic E-state index is 0.499. The molecule has 4 rings (SSSR count). The molecule has 0 aliphatic carbocycles. The van der Waals surface area contributed by atoms with Crippen molar-refractivity contribution in [3.05, 3.63) is 78.1 Å². The fourth-order valence-corrected chi connectivity index (χ4v) is 3.13. The maximum Gasteiger partial charge on any atom is 0.218 e. The van der Waals surface area contributed by atoms with E-state index in [9.17, 15) is 5.26 Å². The highest BCUT2D eigenvalue weighted by atomic mass is 16.5. The molecular weight excluding hydrogens is 376 g/mol. The second-order valence-electron chi connectivity index (χ2n) is 6.72. The van der Waals surface area contributed by atoms with E-state index in [2.05, 4.69) is 21.1 Å². The number of nitrogens with two attached hydrogens (primary N) is 1. The van der Waals surface area contributed by atoms with Crippen molar-refractivity contribution in [3.8, 4) is 40.3 Å². The maximum atomic E-state index is 9.35. The number of aryl methyl sites for hydroxylation is 1. The first-order valence-electron chi connectivity index (χ1n) is 9.51. The number of ether oxygens (including phenoxy) is 1. The first kappa shape index (κ1) is 19.3. The molecule has 1 aromatic carbocycles. The van der Waals surface area contributed by atoms with Gasteiger partial charge < -0.3 is 10.5 Å². The zero-order valence-corrected chi connectivity index (χ0v) is 16.5. The van der Waals surface area contributed by atoms with Gasteiger partial charge in [0.05, 0.1) is 23.0 Å². The first-order valence-corrected chi connectivity index (χ1v) is 9.51. The Labute approximate surface area is 174 Å². The monoisotopic (exact) mass is 396 g/mol. The quantitative estimate of drug-likeness (QED) is 0.533. The molecule has 0 aliphatic heterocycles. The summed E-state index contributed by atoms with van der Waals surface area (Å²) in [5, 5.41) is 13.8. The summed E-state index contributed by atoms with van der Waals surface area (Å²) in [7, 11) is 1.80. The van der Waals surface area contributed by atoms with E-state index in [0.29, 0.717) is 29.4 Å². The lowest BCUT2D eigenvalue weighted by molar-refractivity contribution is 0.432. The van der Waals surface area contributed by atoms with Crippen molar-refractivity contribution < 1.29 is 4.74 Å². The molecule has 0 aliphatic rings. The predicted molar refractivity (Wildman–Crippen MR) is 114 cm³/mol. The van der Waals surface area contributed by atoms with Gasteiger partial charge in [-0.3, -0.25) is 9.97 Å². The Hall–Kier alpha value is -4.02. The Morgan fingerprint density at radius 1 is 1.00 bits per heavy atom. The standard InChI is InChI=1S/C23H20N6O/c1-29-23(14-21(28-29)19-4-2-3-10-26-19)30-22-13-17(15-25)5-6-18(22)20-12-16(7-9-24)8-11-27-20/h2-6,8,10-14H,7,9,24H2,1H3. The van der Waals surface area contributed by atoms with E-state index in [0.717, 1.165) is 28.9 Å². The van der Waals surface area contributed by atoms with Crippen molar-refractivity contribution in [2.24, 2.45) is 12.8 Å². The van der Waals surface area contributed by atoms with Crippen LogP contribution in [0.5, 0.6) is 11.6 Å². The number of hydrogen-bond acceptors (Lipinski definition) is 6. The minimum Gasteiger partial charge on any atom is -0.439 e. The molecule has 0 spiro atoms. The summed E-state index contributed by atoms with van der Waals surface area (Å²) in [6.07, 6.45) is 4.24. The lowest BCUT2D eigenvalue weighted by Crippen LogP contribution is -2.03. The number of hydrogen-bond donors (Lipinski definition) is 1. The Morgan fingerprint density at radius 2 is 1.87 bits per heavy atom. The van der Waals surface area contributed by atoms with Crippen LogP contribution in [0.25, 0.3) is 22.6 Å². The van der Waals surface area contributed by atoms with E-state index in [1.165, 1.54) is 0 Å². The molecule has 3 heterocycles. The predicted octanol–water partition coefficient (Wildman–Crippen LogP) is 3.71. The summed E-state index contributed by atoms with van der Waals surface area (Å²) < 4.78 is 7.84. The first-order chi connectivity index (χ1) is 14.7. The molecule has 7 heteroatoms. The van der Waals surface area contributed by atoms with Crippen LogP contribution in [0.3, 0.4) is 0 Å². The van der Waals surface area contributed by atoms with Crippen molar-refractivity contribution in [2.45, 2.75) is 6.42 Å². The van der Waals surface area contributed by atoms with Gasteiger partial charge in [-0.05, 0) is 61.0 Å². The number of aromatic nitrogens is 4. The molecular formula is C23H20N6O. The topological polar surface area (TPSA) is 103 Å². The zero-order valence-electron chi connectivity index (χ0n) is 16.5. The van der Waals surface area contributed by atoms with Crippen molar-refractivity contribution in [1.29, 1.82) is 5.26 Å². The summed E-state index contributed by atoms with van der Waals surface area (Å²) in [5.74, 6) is 1.06. The third kappa shape index (κ3) is 4.04. The minimum atomic E-state index is 0.499. The Morgan fingerprint density at radius 3 is 2.63 bits per heavy atom. The molecule has 0 fully saturated rings. The summed E-state index contributed by atoms with van der Waals surface area (Å²) in [6.45, 7) is 0.561. The van der Waals surface area contributed by atoms with Gasteiger partial charge in [0.25, 0.3) is 0 Å². The van der Waals surface area contributed by atoms with Crippen molar-refractivity contribution in [2.75, 3.05) is 6.54 Å². The van der Waals surface area contributed by atoms with Gasteiger partial charge in [0.15, 0.2) is 0 Å². The molecule has 0 radical (unpaired) electrons. The fraction of sp³-hybridized carbons (Fsp3) is 0.130. The van der Waals surface area contributed by atoms with E-state index < -0.39 is 0 Å². The molecule has 0 atom stereocenters. The van der Waals surface area contributed by atoms with Crippen LogP contribution in [0, 0.1) is 11.3 Å². The molecule has 0 saturated heterocycles. The number of benzene rings is 1. The molecule has 30 heavy (non-hydrogen) atoms. The van der Waals surface area contributed by atoms with Gasteiger partial charge in [0.2, 0.25) is 5.88 Å². The molecule has 2 N–H and O–H groups in total. The van der Waals surface area contributed by atoms with Crippen LogP contribution in [-0.4, -0.2) is 26.3 Å². The highest BCUT2D eigenvalue weighted by Gasteiger charge is 2.15. The molecule has 7 nitrogen and oxygen atoms in total. The third-order valence-electron chi connectivity index (χ3n) is 4.62. The molecule has 0 amide bonds. The normalized spacial score (nSPS) is 10.6. The third-order valence-corrected chi connectivity index (χ3v) is 4.62. The average Bonchev–Trinajstić information content (AvgIpc) is 3.15. The fourth-order valence-electron chi connectivity index (χ4n) is 3.13. The Kier molecular flexibility index (Phi) is 5.50. The van der Waals surface area contributed by atoms with Crippen molar-refractivity contribution in [3.63, 3.8) is 0 Å². The SMILES string of the molecule is Cn1nc(-c2ccccn2)cc1Oc1cc(C#N)ccc1-c1cc(CCN)ccn1. The van der Waals surface area contributed by atoms with Gasteiger partial charge in [-0.15, -0.1) is 0 Å². The van der Waals surface area contributed by atoms with Crippen LogP contribution >= 0.6 is 0 Å². The van der Waals surface area contributed by atoms with Crippen LogP contribution < -0.4 is 10.5 Å². The lowest BCUT2D eigenvalue weighted by Gasteiger charge is -2.12. The molecule has 3 aromatic heterocycles. The maximum absolute atomic E-state index is 9.35. The average molecular weight is 396 g/mol. The molecule has 0 bridgehead atoms. The van der Waals surface area contributed by atoms with Gasteiger partial charge in [0.1, 0.15) is 11.4 Å². The van der Waals surface area contributed by atoms with Crippen LogP contribution in [0.2, 0.25) is 0 Å². The number of nitriles is 1. The van der Waals surface area contributed by atoms with Crippen LogP contribution in [-0.2, 0) is 13.5 Å². The molecule has 4 aromatic rings. The van der Waals surface area contributed by atoms with Crippen LogP contribution in [0.4, 0.5) is 0 Å². The molecule has 148 valence electrons. The lowest BCUT2D eigenvalue weighted by atomic mass is 10.0. The summed E-state index contributed by atoms with van der Waals surface area (Å²) >= 11 is 0. The molecule has 0 unspecified atom stereocenters. The summed E-state index contributed by atoms with van der Waals surface area (Å²) in [5.41, 5.74) is 10.3. The van der Waals surface area contributed by atoms with E-state index in [4.69, 9.17) is 10.5 Å². The Bertz CT molecular complexity index is 1210. The van der Waals surface area contributed by atoms with Crippen molar-refractivity contribution >= 4 is 0 Å². The number of nitrogens with zero attached hydrogens (tertiary/aromatic N) is 5. The van der Waals surface area contributed by atoms with Gasteiger partial charge in [-0.2, -0.15) is 10.4 Å². The van der Waals surface area contributed by atoms with Crippen LogP contribution in [0.15, 0.2) is 67.0 Å². The second kappa shape index (κ2) is 8.55. The van der Waals surface area contributed by atoms with E-state index in [1.807, 2.05) is 42.5 Å². The summed E-state index contributed by atoms with van der Waals surface area (Å²) in [6, 6.07) is 18.9. The van der Waals surface area contributed by atoms with Crippen molar-refractivity contribution in [1.82, 2.24) is 19.7 Å². The summed E-state index contributed by atoms with van der Waals surface area (Å²) in [4.78, 5) is 8.82. The Balaban J connectivity index is 1.73.